The summed E-state index contributed by atoms with van der Waals surface area (Å²) < 4.78 is 22.3. The lowest BCUT2D eigenvalue weighted by molar-refractivity contribution is -0.118. The number of nitrogens with two attached hydrogens (primary N) is 1. The van der Waals surface area contributed by atoms with Gasteiger partial charge in [-0.3, -0.25) is 4.79 Å². The second-order valence-corrected chi connectivity index (χ2v) is 6.72. The molecule has 0 aliphatic heterocycles. The van der Waals surface area contributed by atoms with E-state index in [2.05, 4.69) is 6.92 Å². The van der Waals surface area contributed by atoms with Crippen LogP contribution < -0.4 is 10.0 Å². The highest BCUT2D eigenvalue weighted by molar-refractivity contribution is 7.89. The van der Waals surface area contributed by atoms with Crippen LogP contribution >= 0.6 is 0 Å². The van der Waals surface area contributed by atoms with Gasteiger partial charge in [-0.1, -0.05) is 32.6 Å². The molecule has 0 aliphatic rings. The van der Waals surface area contributed by atoms with Crippen LogP contribution in [0.25, 0.3) is 0 Å². The molecule has 0 unspecified atom stereocenters. The molecule has 0 spiro atoms. The summed E-state index contributed by atoms with van der Waals surface area (Å²) in [5, 5.41) is 5.04. The number of anilines is 1. The van der Waals surface area contributed by atoms with E-state index < -0.39 is 10.0 Å². The number of primary sulfonamides is 1. The average Bonchev–Trinajstić information content (AvgIpc) is 2.45. The zero-order valence-electron chi connectivity index (χ0n) is 12.7. The maximum atomic E-state index is 12.0. The molecule has 0 bridgehead atoms. The molecule has 6 heteroatoms. The molecule has 0 saturated heterocycles. The fourth-order valence-electron chi connectivity index (χ4n) is 2.05. The maximum absolute atomic E-state index is 12.0. The van der Waals surface area contributed by atoms with E-state index in [1.165, 1.54) is 25.0 Å². The number of hydrogen-bond donors (Lipinski definition) is 1. The topological polar surface area (TPSA) is 80.5 Å². The third-order valence-electron chi connectivity index (χ3n) is 3.42. The van der Waals surface area contributed by atoms with Crippen molar-refractivity contribution >= 4 is 21.6 Å². The van der Waals surface area contributed by atoms with Crippen molar-refractivity contribution in [1.82, 2.24) is 0 Å². The molecule has 0 heterocycles. The van der Waals surface area contributed by atoms with Gasteiger partial charge in [-0.25, -0.2) is 13.6 Å². The Hall–Kier alpha value is -1.40. The van der Waals surface area contributed by atoms with Gasteiger partial charge in [-0.2, -0.15) is 0 Å². The molecule has 2 N–H and O–H groups in total. The van der Waals surface area contributed by atoms with Crippen molar-refractivity contribution in [3.05, 3.63) is 24.3 Å². The molecular formula is C15H24N2O3S. The Kier molecular flexibility index (Phi) is 6.84. The highest BCUT2D eigenvalue weighted by atomic mass is 32.2. The highest BCUT2D eigenvalue weighted by Gasteiger charge is 2.12. The molecule has 21 heavy (non-hydrogen) atoms. The lowest BCUT2D eigenvalue weighted by Gasteiger charge is -2.17. The second kappa shape index (κ2) is 8.14. The van der Waals surface area contributed by atoms with Crippen LogP contribution in [-0.2, 0) is 14.8 Å². The van der Waals surface area contributed by atoms with Crippen LogP contribution in [0.1, 0.15) is 45.4 Å². The monoisotopic (exact) mass is 312 g/mol. The number of benzene rings is 1. The summed E-state index contributed by atoms with van der Waals surface area (Å²) >= 11 is 0. The van der Waals surface area contributed by atoms with E-state index in [0.29, 0.717) is 12.1 Å². The first-order valence-corrected chi connectivity index (χ1v) is 8.80. The van der Waals surface area contributed by atoms with Gasteiger partial charge in [-0.05, 0) is 30.7 Å². The van der Waals surface area contributed by atoms with Crippen LogP contribution in [0.4, 0.5) is 5.69 Å². The number of sulfonamides is 1. The van der Waals surface area contributed by atoms with Crippen LogP contribution in [-0.4, -0.2) is 21.4 Å². The average molecular weight is 312 g/mol. The first kappa shape index (κ1) is 17.7. The molecule has 0 aromatic heterocycles. The van der Waals surface area contributed by atoms with Gasteiger partial charge in [0.15, 0.2) is 0 Å². The minimum atomic E-state index is -3.69. The fourth-order valence-corrected chi connectivity index (χ4v) is 2.57. The lowest BCUT2D eigenvalue weighted by Crippen LogP contribution is -2.25. The molecule has 1 rings (SSSR count). The maximum Gasteiger partial charge on any atom is 0.238 e. The smallest absolute Gasteiger partial charge is 0.238 e. The first-order valence-electron chi connectivity index (χ1n) is 7.25. The fraction of sp³-hybridized carbons (Fsp3) is 0.533. The third kappa shape index (κ3) is 5.85. The molecular weight excluding hydrogens is 288 g/mol. The minimum absolute atomic E-state index is 0.0369. The Morgan fingerprint density at radius 2 is 1.67 bits per heavy atom. The van der Waals surface area contributed by atoms with Crippen LogP contribution in [0, 0.1) is 0 Å². The number of hydrogen-bond acceptors (Lipinski definition) is 3. The SMILES string of the molecule is CCCCCCCC(=O)N(C)c1ccc(S(N)(=O)=O)cc1. The molecule has 0 saturated carbocycles. The van der Waals surface area contributed by atoms with E-state index >= 15 is 0 Å². The van der Waals surface area contributed by atoms with Gasteiger partial charge >= 0.3 is 0 Å². The van der Waals surface area contributed by atoms with Gasteiger partial charge in [0.05, 0.1) is 4.90 Å². The van der Waals surface area contributed by atoms with Crippen molar-refractivity contribution in [2.45, 2.75) is 50.3 Å². The van der Waals surface area contributed by atoms with E-state index in [-0.39, 0.29) is 10.8 Å². The van der Waals surface area contributed by atoms with Crippen LogP contribution in [0.2, 0.25) is 0 Å². The summed E-state index contributed by atoms with van der Waals surface area (Å²) in [5.74, 6) is 0.0369. The van der Waals surface area contributed by atoms with E-state index in [9.17, 15) is 13.2 Å². The molecule has 0 radical (unpaired) electrons. The Morgan fingerprint density at radius 1 is 1.10 bits per heavy atom. The number of nitrogens with zero attached hydrogens (tertiary/aromatic N) is 1. The van der Waals surface area contributed by atoms with Gasteiger partial charge in [-0.15, -0.1) is 0 Å². The Morgan fingerprint density at radius 3 is 2.19 bits per heavy atom. The van der Waals surface area contributed by atoms with Crippen molar-refractivity contribution < 1.29 is 13.2 Å². The highest BCUT2D eigenvalue weighted by Crippen LogP contribution is 2.17. The number of rotatable bonds is 8. The van der Waals surface area contributed by atoms with Gasteiger partial charge in [0.25, 0.3) is 0 Å². The summed E-state index contributed by atoms with van der Waals surface area (Å²) in [6.45, 7) is 2.16. The molecule has 1 aromatic rings. The Labute approximate surface area is 127 Å². The zero-order valence-corrected chi connectivity index (χ0v) is 13.5. The number of unbranched alkanes of at least 4 members (excludes halogenated alkanes) is 4. The van der Waals surface area contributed by atoms with Gasteiger partial charge in [0, 0.05) is 19.2 Å². The number of amides is 1. The van der Waals surface area contributed by atoms with Crippen LogP contribution in [0.5, 0.6) is 0 Å². The van der Waals surface area contributed by atoms with E-state index in [0.717, 1.165) is 19.3 Å². The summed E-state index contributed by atoms with van der Waals surface area (Å²) in [5.41, 5.74) is 0.668. The number of carbonyl (C=O) groups excluding carboxylic acids is 1. The third-order valence-corrected chi connectivity index (χ3v) is 4.35. The van der Waals surface area contributed by atoms with Crippen LogP contribution in [0.15, 0.2) is 29.2 Å². The minimum Gasteiger partial charge on any atom is -0.316 e. The molecule has 0 fully saturated rings. The molecule has 0 aliphatic carbocycles. The van der Waals surface area contributed by atoms with Crippen molar-refractivity contribution in [3.8, 4) is 0 Å². The van der Waals surface area contributed by atoms with Crippen molar-refractivity contribution in [2.24, 2.45) is 5.14 Å². The predicted octanol–water partition coefficient (Wildman–Crippen LogP) is 2.66. The molecule has 1 aromatic carbocycles. The predicted molar refractivity (Wildman–Crippen MR) is 84.6 cm³/mol. The molecule has 5 nitrogen and oxygen atoms in total. The standard InChI is InChI=1S/C15H24N2O3S/c1-3-4-5-6-7-8-15(18)17(2)13-9-11-14(12-10-13)21(16,19)20/h9-12H,3-8H2,1-2H3,(H2,16,19,20). The first-order chi connectivity index (χ1) is 9.86. The molecule has 0 atom stereocenters. The summed E-state index contributed by atoms with van der Waals surface area (Å²) in [6.07, 6.45) is 6.02. The summed E-state index contributed by atoms with van der Waals surface area (Å²) in [6, 6.07) is 6.01. The zero-order chi connectivity index (χ0) is 15.9. The van der Waals surface area contributed by atoms with E-state index in [1.54, 1.807) is 24.1 Å². The van der Waals surface area contributed by atoms with Crippen LogP contribution in [0.3, 0.4) is 0 Å². The number of carbonyl (C=O) groups is 1. The molecule has 1 amide bonds. The van der Waals surface area contributed by atoms with Gasteiger partial charge in [0.1, 0.15) is 0 Å². The normalized spacial score (nSPS) is 11.4. The summed E-state index contributed by atoms with van der Waals surface area (Å²) in [7, 11) is -2.00. The van der Waals surface area contributed by atoms with E-state index in [1.807, 2.05) is 0 Å². The van der Waals surface area contributed by atoms with Crippen molar-refractivity contribution in [3.63, 3.8) is 0 Å². The quantitative estimate of drug-likeness (QED) is 0.749. The van der Waals surface area contributed by atoms with Gasteiger partial charge in [0.2, 0.25) is 15.9 Å². The Balaban J connectivity index is 2.54. The summed E-state index contributed by atoms with van der Waals surface area (Å²) in [4.78, 5) is 13.6. The lowest BCUT2D eigenvalue weighted by atomic mass is 10.1. The van der Waals surface area contributed by atoms with Crippen molar-refractivity contribution in [1.29, 1.82) is 0 Å². The van der Waals surface area contributed by atoms with Crippen molar-refractivity contribution in [2.75, 3.05) is 11.9 Å². The van der Waals surface area contributed by atoms with Gasteiger partial charge < -0.3 is 4.90 Å². The largest absolute Gasteiger partial charge is 0.316 e. The Bertz CT molecular complexity index is 553. The molecule has 118 valence electrons. The second-order valence-electron chi connectivity index (χ2n) is 5.16. The van der Waals surface area contributed by atoms with E-state index in [4.69, 9.17) is 5.14 Å².